The standard InChI is InChI=1S/C13H12O4/c1-9(8-12(15)13(16)17)7-11(14)10-5-3-2-4-6-10/h2-8,14H,1H3,(H,16,17)/p-1/b9-8+,11-7-. The van der Waals surface area contributed by atoms with Crippen LogP contribution in [0.15, 0.2) is 48.1 Å². The topological polar surface area (TPSA) is 77.4 Å². The molecule has 0 unspecified atom stereocenters. The van der Waals surface area contributed by atoms with Gasteiger partial charge in [-0.2, -0.15) is 0 Å². The minimum Gasteiger partial charge on any atom is -0.872 e. The molecule has 0 heterocycles. The normalized spacial score (nSPS) is 12.3. The van der Waals surface area contributed by atoms with Crippen LogP contribution in [0.5, 0.6) is 0 Å². The van der Waals surface area contributed by atoms with Crippen molar-refractivity contribution in [3.63, 3.8) is 0 Å². The summed E-state index contributed by atoms with van der Waals surface area (Å²) in [5.41, 5.74) is 0.800. The molecule has 1 rings (SSSR count). The van der Waals surface area contributed by atoms with Gasteiger partial charge in [-0.25, -0.2) is 4.79 Å². The zero-order valence-corrected chi connectivity index (χ0v) is 9.21. The fraction of sp³-hybridized carbons (Fsp3) is 0.0769. The zero-order chi connectivity index (χ0) is 12.8. The summed E-state index contributed by atoms with van der Waals surface area (Å²) in [4.78, 5) is 21.2. The number of hydrogen-bond donors (Lipinski definition) is 1. The summed E-state index contributed by atoms with van der Waals surface area (Å²) in [5.74, 6) is -2.85. The second kappa shape index (κ2) is 5.65. The van der Waals surface area contributed by atoms with E-state index >= 15 is 0 Å². The van der Waals surface area contributed by atoms with E-state index in [0.29, 0.717) is 11.1 Å². The van der Waals surface area contributed by atoms with Crippen LogP contribution in [-0.4, -0.2) is 16.9 Å². The van der Waals surface area contributed by atoms with Crippen LogP contribution in [0.3, 0.4) is 0 Å². The van der Waals surface area contributed by atoms with Crippen LogP contribution >= 0.6 is 0 Å². The Labute approximate surface area is 98.5 Å². The summed E-state index contributed by atoms with van der Waals surface area (Å²) in [6.45, 7) is 1.50. The maximum Gasteiger partial charge on any atom is 0.376 e. The molecule has 88 valence electrons. The summed E-state index contributed by atoms with van der Waals surface area (Å²) in [6.07, 6.45) is 2.15. The van der Waals surface area contributed by atoms with Gasteiger partial charge in [0.15, 0.2) is 0 Å². The van der Waals surface area contributed by atoms with Gasteiger partial charge in [-0.15, -0.1) is 5.76 Å². The molecule has 0 aliphatic rings. The van der Waals surface area contributed by atoms with Gasteiger partial charge in [0.2, 0.25) is 0 Å². The SMILES string of the molecule is CC(/C=C(\[O-])c1ccccc1)=C\C(=O)C(=O)O. The number of allylic oxidation sites excluding steroid dienone is 2. The smallest absolute Gasteiger partial charge is 0.376 e. The van der Waals surface area contributed by atoms with Gasteiger partial charge >= 0.3 is 5.97 Å². The average molecular weight is 231 g/mol. The minimum absolute atomic E-state index is 0.266. The molecule has 0 aliphatic carbocycles. The molecule has 0 saturated heterocycles. The Morgan fingerprint density at radius 2 is 1.76 bits per heavy atom. The molecule has 0 spiro atoms. The number of carbonyl (C=O) groups is 2. The van der Waals surface area contributed by atoms with Crippen LogP contribution in [0, 0.1) is 0 Å². The molecule has 0 aliphatic heterocycles. The van der Waals surface area contributed by atoms with Gasteiger partial charge in [-0.1, -0.05) is 36.4 Å². The van der Waals surface area contributed by atoms with Gasteiger partial charge in [0.25, 0.3) is 5.78 Å². The molecular formula is C13H11O4-. The highest BCUT2D eigenvalue weighted by Gasteiger charge is 2.06. The predicted molar refractivity (Wildman–Crippen MR) is 60.8 cm³/mol. The molecule has 1 aromatic rings. The van der Waals surface area contributed by atoms with Crippen LogP contribution in [0.2, 0.25) is 0 Å². The molecule has 0 aromatic heterocycles. The third-order valence-corrected chi connectivity index (χ3v) is 1.99. The number of rotatable bonds is 4. The van der Waals surface area contributed by atoms with Crippen LogP contribution in [0.4, 0.5) is 0 Å². The van der Waals surface area contributed by atoms with Gasteiger partial charge in [-0.05, 0) is 24.1 Å². The first-order valence-electron chi connectivity index (χ1n) is 4.90. The van der Waals surface area contributed by atoms with Crippen molar-refractivity contribution in [2.45, 2.75) is 6.92 Å². The van der Waals surface area contributed by atoms with Gasteiger partial charge in [-0.3, -0.25) is 4.79 Å². The van der Waals surface area contributed by atoms with E-state index in [9.17, 15) is 14.7 Å². The van der Waals surface area contributed by atoms with Gasteiger partial charge < -0.3 is 10.2 Å². The molecule has 0 amide bonds. The van der Waals surface area contributed by atoms with E-state index in [1.807, 2.05) is 0 Å². The fourth-order valence-corrected chi connectivity index (χ4v) is 1.20. The third kappa shape index (κ3) is 3.95. The molecule has 0 bridgehead atoms. The summed E-state index contributed by atoms with van der Waals surface area (Å²) < 4.78 is 0. The monoisotopic (exact) mass is 231 g/mol. The number of carbonyl (C=O) groups excluding carboxylic acids is 1. The van der Waals surface area contributed by atoms with Crippen LogP contribution in [0.1, 0.15) is 12.5 Å². The highest BCUT2D eigenvalue weighted by molar-refractivity contribution is 6.37. The lowest BCUT2D eigenvalue weighted by atomic mass is 10.1. The van der Waals surface area contributed by atoms with E-state index < -0.39 is 11.8 Å². The maximum atomic E-state index is 11.7. The predicted octanol–water partition coefficient (Wildman–Crippen LogP) is 0.988. The number of benzene rings is 1. The summed E-state index contributed by atoms with van der Waals surface area (Å²) in [5, 5.41) is 20.0. The van der Waals surface area contributed by atoms with E-state index in [4.69, 9.17) is 5.11 Å². The van der Waals surface area contributed by atoms with Crippen LogP contribution in [-0.2, 0) is 9.59 Å². The number of carboxylic acids is 1. The molecule has 1 N–H and O–H groups in total. The quantitative estimate of drug-likeness (QED) is 0.363. The first kappa shape index (κ1) is 12.7. The van der Waals surface area contributed by atoms with Crippen molar-refractivity contribution < 1.29 is 19.8 Å². The van der Waals surface area contributed by atoms with E-state index in [0.717, 1.165) is 6.08 Å². The molecule has 0 atom stereocenters. The average Bonchev–Trinajstić information content (AvgIpc) is 2.29. The molecule has 4 heteroatoms. The summed E-state index contributed by atoms with van der Waals surface area (Å²) >= 11 is 0. The van der Waals surface area contributed by atoms with Gasteiger partial charge in [0.1, 0.15) is 0 Å². The van der Waals surface area contributed by atoms with Crippen molar-refractivity contribution in [1.29, 1.82) is 0 Å². The minimum atomic E-state index is -1.54. The van der Waals surface area contributed by atoms with Gasteiger partial charge in [0, 0.05) is 0 Å². The Morgan fingerprint density at radius 3 is 2.29 bits per heavy atom. The second-order valence-corrected chi connectivity index (χ2v) is 3.43. The molecule has 0 fully saturated rings. The Bertz CT molecular complexity index is 483. The molecule has 0 radical (unpaired) electrons. The van der Waals surface area contributed by atoms with Crippen LogP contribution in [0.25, 0.3) is 5.76 Å². The first-order valence-corrected chi connectivity index (χ1v) is 4.90. The van der Waals surface area contributed by atoms with Crippen molar-refractivity contribution in [3.05, 3.63) is 53.6 Å². The largest absolute Gasteiger partial charge is 0.872 e. The lowest BCUT2D eigenvalue weighted by molar-refractivity contribution is -0.243. The second-order valence-electron chi connectivity index (χ2n) is 3.43. The first-order chi connectivity index (χ1) is 8.00. The lowest BCUT2D eigenvalue weighted by Gasteiger charge is -2.11. The Morgan fingerprint density at radius 1 is 1.18 bits per heavy atom. The molecule has 4 nitrogen and oxygen atoms in total. The van der Waals surface area contributed by atoms with Gasteiger partial charge in [0.05, 0.1) is 0 Å². The highest BCUT2D eigenvalue weighted by Crippen LogP contribution is 2.10. The van der Waals surface area contributed by atoms with E-state index in [1.54, 1.807) is 30.3 Å². The Kier molecular flexibility index (Phi) is 4.22. The van der Waals surface area contributed by atoms with Crippen molar-refractivity contribution in [2.75, 3.05) is 0 Å². The van der Waals surface area contributed by atoms with Crippen molar-refractivity contribution in [1.82, 2.24) is 0 Å². The van der Waals surface area contributed by atoms with E-state index in [1.165, 1.54) is 13.0 Å². The van der Waals surface area contributed by atoms with Crippen molar-refractivity contribution in [3.8, 4) is 0 Å². The van der Waals surface area contributed by atoms with Crippen LogP contribution < -0.4 is 5.11 Å². The third-order valence-electron chi connectivity index (χ3n) is 1.99. The number of carboxylic acid groups (broad SMARTS) is 1. The highest BCUT2D eigenvalue weighted by atomic mass is 16.4. The summed E-state index contributed by atoms with van der Waals surface area (Å²) in [7, 11) is 0. The number of aliphatic carboxylic acids is 1. The summed E-state index contributed by atoms with van der Waals surface area (Å²) in [6, 6.07) is 8.52. The molecule has 0 saturated carbocycles. The molecule has 1 aromatic carbocycles. The fourth-order valence-electron chi connectivity index (χ4n) is 1.20. The Balaban J connectivity index is 2.90. The molecule has 17 heavy (non-hydrogen) atoms. The maximum absolute atomic E-state index is 11.7. The van der Waals surface area contributed by atoms with E-state index in [2.05, 4.69) is 0 Å². The zero-order valence-electron chi connectivity index (χ0n) is 9.21. The van der Waals surface area contributed by atoms with E-state index in [-0.39, 0.29) is 5.76 Å². The van der Waals surface area contributed by atoms with Crippen molar-refractivity contribution in [2.24, 2.45) is 0 Å². The van der Waals surface area contributed by atoms with Crippen molar-refractivity contribution >= 4 is 17.5 Å². The number of ketones is 1. The number of hydrogen-bond acceptors (Lipinski definition) is 3. The lowest BCUT2D eigenvalue weighted by Crippen LogP contribution is -2.09. The Hall–Kier alpha value is -2.36. The molecular weight excluding hydrogens is 220 g/mol.